The van der Waals surface area contributed by atoms with Gasteiger partial charge < -0.3 is 10.1 Å². The summed E-state index contributed by atoms with van der Waals surface area (Å²) in [5.41, 5.74) is 3.83. The fourth-order valence-corrected chi connectivity index (χ4v) is 3.56. The lowest BCUT2D eigenvalue weighted by molar-refractivity contribution is 0.221. The number of ether oxygens (including phenoxy) is 1. The second-order valence-corrected chi connectivity index (χ2v) is 8.48. The first-order valence-corrected chi connectivity index (χ1v) is 11.4. The van der Waals surface area contributed by atoms with Crippen LogP contribution < -0.4 is 10.1 Å². The molecule has 0 spiro atoms. The van der Waals surface area contributed by atoms with Gasteiger partial charge in [0.15, 0.2) is 0 Å². The van der Waals surface area contributed by atoms with Crippen molar-refractivity contribution < 1.29 is 17.3 Å². The highest BCUT2D eigenvalue weighted by Crippen LogP contribution is 2.14. The Kier molecular flexibility index (Phi) is 8.13. The maximum Gasteiger partial charge on any atom is 0.297 e. The molecule has 0 bridgehead atoms. The standard InChI is InChI=1S/C24H25N3O4S/c1-19-3-13-24(14-4-19)32(28,29)31-16-15-30-23-11-7-21(8-12-23)18-27-26-17-20-5-9-22(25-2)10-6-20/h3-14,17-18,25H,15-16H2,1-2H3/b26-17+,27-18+. The number of nitrogens with zero attached hydrogens (tertiary/aromatic N) is 2. The van der Waals surface area contributed by atoms with E-state index in [-0.39, 0.29) is 18.1 Å². The Hall–Kier alpha value is -3.49. The largest absolute Gasteiger partial charge is 0.491 e. The first-order valence-electron chi connectivity index (χ1n) is 9.99. The predicted molar refractivity (Wildman–Crippen MR) is 127 cm³/mol. The van der Waals surface area contributed by atoms with Crippen molar-refractivity contribution in [3.63, 3.8) is 0 Å². The van der Waals surface area contributed by atoms with Gasteiger partial charge in [-0.2, -0.15) is 18.6 Å². The van der Waals surface area contributed by atoms with Crippen LogP contribution in [0.5, 0.6) is 5.75 Å². The molecule has 0 saturated heterocycles. The van der Waals surface area contributed by atoms with Crippen LogP contribution in [0.2, 0.25) is 0 Å². The van der Waals surface area contributed by atoms with Gasteiger partial charge in [-0.05, 0) is 66.6 Å². The quantitative estimate of drug-likeness (QED) is 0.215. The van der Waals surface area contributed by atoms with Crippen molar-refractivity contribution in [3.05, 3.63) is 89.5 Å². The average molecular weight is 452 g/mol. The Labute approximate surface area is 188 Å². The van der Waals surface area contributed by atoms with Crippen molar-refractivity contribution >= 4 is 28.2 Å². The molecular formula is C24H25N3O4S. The fraction of sp³-hybridized carbons (Fsp3) is 0.167. The summed E-state index contributed by atoms with van der Waals surface area (Å²) in [4.78, 5) is 0.129. The lowest BCUT2D eigenvalue weighted by Crippen LogP contribution is -2.13. The molecule has 0 radical (unpaired) electrons. The molecule has 3 rings (SSSR count). The molecule has 7 nitrogen and oxygen atoms in total. The molecule has 0 aliphatic rings. The maximum absolute atomic E-state index is 12.1. The summed E-state index contributed by atoms with van der Waals surface area (Å²) in [5.74, 6) is 0.603. The van der Waals surface area contributed by atoms with E-state index in [1.807, 2.05) is 50.4 Å². The SMILES string of the molecule is CNc1ccc(/C=N/N=C/c2ccc(OCCOS(=O)(=O)c3ccc(C)cc3)cc2)cc1. The molecule has 0 aliphatic carbocycles. The number of aryl methyl sites for hydroxylation is 1. The third-order valence-corrected chi connectivity index (χ3v) is 5.79. The molecule has 3 aromatic rings. The van der Waals surface area contributed by atoms with E-state index in [4.69, 9.17) is 8.92 Å². The molecule has 1 N–H and O–H groups in total. The minimum atomic E-state index is -3.79. The molecule has 0 aliphatic heterocycles. The highest BCUT2D eigenvalue weighted by molar-refractivity contribution is 7.86. The first-order chi connectivity index (χ1) is 15.5. The van der Waals surface area contributed by atoms with E-state index < -0.39 is 10.1 Å². The molecule has 0 fully saturated rings. The van der Waals surface area contributed by atoms with Gasteiger partial charge in [0.05, 0.1) is 17.3 Å². The lowest BCUT2D eigenvalue weighted by Gasteiger charge is -2.08. The van der Waals surface area contributed by atoms with Crippen molar-refractivity contribution in [2.75, 3.05) is 25.6 Å². The van der Waals surface area contributed by atoms with Gasteiger partial charge in [-0.15, -0.1) is 0 Å². The van der Waals surface area contributed by atoms with E-state index >= 15 is 0 Å². The monoisotopic (exact) mass is 451 g/mol. The predicted octanol–water partition coefficient (Wildman–Crippen LogP) is 4.27. The summed E-state index contributed by atoms with van der Waals surface area (Å²) in [6.07, 6.45) is 3.32. The van der Waals surface area contributed by atoms with E-state index in [9.17, 15) is 8.42 Å². The van der Waals surface area contributed by atoms with Crippen molar-refractivity contribution in [2.24, 2.45) is 10.2 Å². The molecule has 0 aromatic heterocycles. The fourth-order valence-electron chi connectivity index (χ4n) is 2.66. The van der Waals surface area contributed by atoms with Crippen LogP contribution in [0.15, 0.2) is 87.9 Å². The summed E-state index contributed by atoms with van der Waals surface area (Å²) in [7, 11) is -1.92. The van der Waals surface area contributed by atoms with Gasteiger partial charge in [0, 0.05) is 12.7 Å². The summed E-state index contributed by atoms with van der Waals surface area (Å²) in [5, 5.41) is 11.2. The summed E-state index contributed by atoms with van der Waals surface area (Å²) >= 11 is 0. The van der Waals surface area contributed by atoms with Crippen LogP contribution in [0.1, 0.15) is 16.7 Å². The molecule has 0 amide bonds. The molecular weight excluding hydrogens is 426 g/mol. The van der Waals surface area contributed by atoms with E-state index in [0.717, 1.165) is 22.4 Å². The lowest BCUT2D eigenvalue weighted by atomic mass is 10.2. The zero-order valence-corrected chi connectivity index (χ0v) is 18.7. The Morgan fingerprint density at radius 2 is 1.38 bits per heavy atom. The smallest absolute Gasteiger partial charge is 0.297 e. The number of benzene rings is 3. The average Bonchev–Trinajstić information content (AvgIpc) is 2.81. The van der Waals surface area contributed by atoms with Crippen molar-refractivity contribution in [3.8, 4) is 5.75 Å². The van der Waals surface area contributed by atoms with Crippen molar-refractivity contribution in [2.45, 2.75) is 11.8 Å². The van der Waals surface area contributed by atoms with Crippen LogP contribution >= 0.6 is 0 Å². The van der Waals surface area contributed by atoms with E-state index in [0.29, 0.717) is 5.75 Å². The summed E-state index contributed by atoms with van der Waals surface area (Å²) in [6, 6.07) is 21.5. The topological polar surface area (TPSA) is 89.3 Å². The number of rotatable bonds is 10. The molecule has 32 heavy (non-hydrogen) atoms. The van der Waals surface area contributed by atoms with Crippen LogP contribution in [0.3, 0.4) is 0 Å². The van der Waals surface area contributed by atoms with Crippen LogP contribution in [-0.2, 0) is 14.3 Å². The number of hydrogen-bond donors (Lipinski definition) is 1. The third kappa shape index (κ3) is 7.04. The van der Waals surface area contributed by atoms with Gasteiger partial charge in [0.25, 0.3) is 10.1 Å². The van der Waals surface area contributed by atoms with Gasteiger partial charge >= 0.3 is 0 Å². The van der Waals surface area contributed by atoms with Crippen LogP contribution in [0.4, 0.5) is 5.69 Å². The normalized spacial score (nSPS) is 11.8. The van der Waals surface area contributed by atoms with Crippen molar-refractivity contribution in [1.29, 1.82) is 0 Å². The second kappa shape index (κ2) is 11.2. The molecule has 0 atom stereocenters. The minimum absolute atomic E-state index is 0.0799. The van der Waals surface area contributed by atoms with E-state index in [1.54, 1.807) is 36.7 Å². The molecule has 0 unspecified atom stereocenters. The molecule has 8 heteroatoms. The Morgan fingerprint density at radius 3 is 1.94 bits per heavy atom. The second-order valence-electron chi connectivity index (χ2n) is 6.87. The number of anilines is 1. The highest BCUT2D eigenvalue weighted by atomic mass is 32.2. The third-order valence-electron chi connectivity index (χ3n) is 4.46. The van der Waals surface area contributed by atoms with Gasteiger partial charge in [0.2, 0.25) is 0 Å². The summed E-state index contributed by atoms with van der Waals surface area (Å²) in [6.45, 7) is 1.92. The molecule has 3 aromatic carbocycles. The number of nitrogens with one attached hydrogen (secondary N) is 1. The Bertz CT molecular complexity index is 1160. The van der Waals surface area contributed by atoms with Gasteiger partial charge in [-0.25, -0.2) is 0 Å². The zero-order chi connectivity index (χ0) is 22.8. The molecule has 0 heterocycles. The zero-order valence-electron chi connectivity index (χ0n) is 17.9. The van der Waals surface area contributed by atoms with E-state index in [1.165, 1.54) is 12.1 Å². The Morgan fingerprint density at radius 1 is 0.812 bits per heavy atom. The highest BCUT2D eigenvalue weighted by Gasteiger charge is 2.14. The van der Waals surface area contributed by atoms with E-state index in [2.05, 4.69) is 15.5 Å². The van der Waals surface area contributed by atoms with Gasteiger partial charge in [-0.1, -0.05) is 29.8 Å². The van der Waals surface area contributed by atoms with Gasteiger partial charge in [-0.3, -0.25) is 4.18 Å². The maximum atomic E-state index is 12.1. The van der Waals surface area contributed by atoms with Crippen LogP contribution in [0.25, 0.3) is 0 Å². The van der Waals surface area contributed by atoms with Crippen LogP contribution in [0, 0.1) is 6.92 Å². The van der Waals surface area contributed by atoms with Crippen molar-refractivity contribution in [1.82, 2.24) is 0 Å². The number of hydrogen-bond acceptors (Lipinski definition) is 7. The Balaban J connectivity index is 1.43. The molecule has 166 valence electrons. The first kappa shape index (κ1) is 23.2. The van der Waals surface area contributed by atoms with Gasteiger partial charge in [0.1, 0.15) is 19.0 Å². The van der Waals surface area contributed by atoms with Crippen LogP contribution in [-0.4, -0.2) is 41.1 Å². The molecule has 0 saturated carbocycles. The summed E-state index contributed by atoms with van der Waals surface area (Å²) < 4.78 is 34.8. The minimum Gasteiger partial charge on any atom is -0.491 e.